The summed E-state index contributed by atoms with van der Waals surface area (Å²) in [6.07, 6.45) is 0.372. The molecule has 1 saturated heterocycles. The number of nitrogens with one attached hydrogen (secondary N) is 1. The number of benzene rings is 2. The van der Waals surface area contributed by atoms with E-state index in [0.717, 1.165) is 4.90 Å². The summed E-state index contributed by atoms with van der Waals surface area (Å²) in [4.78, 5) is 63.3. The Morgan fingerprint density at radius 3 is 2.27 bits per heavy atom. The van der Waals surface area contributed by atoms with Gasteiger partial charge in [-0.15, -0.1) is 0 Å². The third-order valence-electron chi connectivity index (χ3n) is 5.53. The number of hydrogen-bond donors (Lipinski definition) is 1. The van der Waals surface area contributed by atoms with Crippen molar-refractivity contribution in [2.24, 2.45) is 0 Å². The number of nitro benzene ring substituents is 1. The van der Waals surface area contributed by atoms with Crippen LogP contribution in [-0.2, 0) is 14.4 Å². The van der Waals surface area contributed by atoms with E-state index in [2.05, 4.69) is 5.32 Å². The second-order valence-corrected chi connectivity index (χ2v) is 7.79. The zero-order valence-corrected chi connectivity index (χ0v) is 18.5. The maximum absolute atomic E-state index is 13.3. The largest absolute Gasteiger partial charge is 0.326 e. The zero-order chi connectivity index (χ0) is 24.3. The van der Waals surface area contributed by atoms with Gasteiger partial charge in [0.1, 0.15) is 6.04 Å². The minimum absolute atomic E-state index is 0.150. The van der Waals surface area contributed by atoms with E-state index in [0.29, 0.717) is 17.8 Å². The van der Waals surface area contributed by atoms with Gasteiger partial charge in [-0.2, -0.15) is 0 Å². The highest BCUT2D eigenvalue weighted by atomic mass is 16.6. The first kappa shape index (κ1) is 23.6. The molecule has 2 aromatic rings. The summed E-state index contributed by atoms with van der Waals surface area (Å²) >= 11 is 0. The van der Waals surface area contributed by atoms with Crippen molar-refractivity contribution in [3.8, 4) is 0 Å². The molecule has 1 aliphatic heterocycles. The molecule has 0 saturated carbocycles. The van der Waals surface area contributed by atoms with Crippen molar-refractivity contribution in [1.82, 2.24) is 4.90 Å². The Hall–Kier alpha value is -4.08. The van der Waals surface area contributed by atoms with E-state index < -0.39 is 28.7 Å². The van der Waals surface area contributed by atoms with Crippen molar-refractivity contribution in [3.05, 3.63) is 64.2 Å². The second-order valence-electron chi connectivity index (χ2n) is 7.79. The third-order valence-corrected chi connectivity index (χ3v) is 5.53. The quantitative estimate of drug-likeness (QED) is 0.390. The van der Waals surface area contributed by atoms with E-state index >= 15 is 0 Å². The average Bonchev–Trinajstić information content (AvgIpc) is 3.07. The van der Waals surface area contributed by atoms with Gasteiger partial charge in [-0.05, 0) is 49.7 Å². The lowest BCUT2D eigenvalue weighted by Crippen LogP contribution is -2.49. The summed E-state index contributed by atoms with van der Waals surface area (Å²) in [5.41, 5.74) is 0.909. The van der Waals surface area contributed by atoms with Crippen LogP contribution < -0.4 is 10.2 Å². The van der Waals surface area contributed by atoms with Crippen LogP contribution in [0.25, 0.3) is 0 Å². The van der Waals surface area contributed by atoms with Gasteiger partial charge in [0.25, 0.3) is 17.5 Å². The Balaban J connectivity index is 1.88. The lowest BCUT2D eigenvalue weighted by molar-refractivity contribution is -0.384. The molecule has 0 aliphatic carbocycles. The molecule has 3 rings (SSSR count). The van der Waals surface area contributed by atoms with Gasteiger partial charge in [0, 0.05) is 36.3 Å². The molecule has 1 aliphatic rings. The van der Waals surface area contributed by atoms with E-state index in [1.165, 1.54) is 36.1 Å². The lowest BCUT2D eigenvalue weighted by Gasteiger charge is -2.33. The Morgan fingerprint density at radius 1 is 1.15 bits per heavy atom. The summed E-state index contributed by atoms with van der Waals surface area (Å²) in [5.74, 6) is -1.69. The molecule has 172 valence electrons. The Kier molecular flexibility index (Phi) is 6.86. The molecular weight excluding hydrogens is 428 g/mol. The first-order chi connectivity index (χ1) is 15.6. The maximum atomic E-state index is 13.3. The van der Waals surface area contributed by atoms with Crippen LogP contribution in [0.5, 0.6) is 0 Å². The fourth-order valence-corrected chi connectivity index (χ4v) is 3.72. The lowest BCUT2D eigenvalue weighted by atomic mass is 10.1. The summed E-state index contributed by atoms with van der Waals surface area (Å²) in [6, 6.07) is 10.1. The highest BCUT2D eigenvalue weighted by Crippen LogP contribution is 2.29. The van der Waals surface area contributed by atoms with Crippen LogP contribution in [0.3, 0.4) is 0 Å². The van der Waals surface area contributed by atoms with Gasteiger partial charge in [0.2, 0.25) is 11.8 Å². The van der Waals surface area contributed by atoms with Crippen LogP contribution in [0.4, 0.5) is 17.1 Å². The maximum Gasteiger partial charge on any atom is 0.269 e. The number of carbonyl (C=O) groups excluding carboxylic acids is 4. The van der Waals surface area contributed by atoms with Crippen LogP contribution in [-0.4, -0.2) is 45.5 Å². The van der Waals surface area contributed by atoms with E-state index in [4.69, 9.17) is 0 Å². The molecule has 1 fully saturated rings. The topological polar surface area (TPSA) is 130 Å². The van der Waals surface area contributed by atoms with Crippen molar-refractivity contribution in [1.29, 1.82) is 0 Å². The number of imide groups is 1. The van der Waals surface area contributed by atoms with E-state index in [9.17, 15) is 29.3 Å². The van der Waals surface area contributed by atoms with Crippen LogP contribution >= 0.6 is 0 Å². The molecule has 0 radical (unpaired) electrons. The van der Waals surface area contributed by atoms with Gasteiger partial charge < -0.3 is 10.2 Å². The molecular formula is C23H24N4O6. The SMILES string of the molecule is CCC(C)N(C(=O)c1ccc([N+](=O)[O-])cc1)C1CC(=O)N(c2ccc(NC(C)=O)cc2)C1=O. The number of anilines is 2. The summed E-state index contributed by atoms with van der Waals surface area (Å²) in [6.45, 7) is 5.02. The minimum Gasteiger partial charge on any atom is -0.326 e. The normalized spacial score (nSPS) is 16.5. The number of amides is 4. The summed E-state index contributed by atoms with van der Waals surface area (Å²) < 4.78 is 0. The molecule has 0 bridgehead atoms. The van der Waals surface area contributed by atoms with E-state index in [-0.39, 0.29) is 29.6 Å². The number of non-ortho nitro benzene ring substituents is 1. The van der Waals surface area contributed by atoms with Crippen molar-refractivity contribution in [2.75, 3.05) is 10.2 Å². The number of nitrogens with zero attached hydrogens (tertiary/aromatic N) is 3. The molecule has 33 heavy (non-hydrogen) atoms. The standard InChI is InChI=1S/C23H24N4O6/c1-4-14(2)25(22(30)16-5-9-19(10-6-16)27(32)33)20-13-21(29)26(23(20)31)18-11-7-17(8-12-18)24-15(3)28/h5-12,14,20H,4,13H2,1-3H3,(H,24,28). The molecule has 0 aromatic heterocycles. The smallest absolute Gasteiger partial charge is 0.269 e. The van der Waals surface area contributed by atoms with E-state index in [1.807, 2.05) is 6.92 Å². The second kappa shape index (κ2) is 9.60. The highest BCUT2D eigenvalue weighted by molar-refractivity contribution is 6.23. The van der Waals surface area contributed by atoms with Gasteiger partial charge in [0.15, 0.2) is 0 Å². The number of hydrogen-bond acceptors (Lipinski definition) is 6. The van der Waals surface area contributed by atoms with Crippen LogP contribution in [0.1, 0.15) is 44.0 Å². The van der Waals surface area contributed by atoms with Gasteiger partial charge in [0.05, 0.1) is 17.0 Å². The van der Waals surface area contributed by atoms with Crippen molar-refractivity contribution in [2.45, 2.75) is 45.7 Å². The molecule has 2 aromatic carbocycles. The number of carbonyl (C=O) groups is 4. The van der Waals surface area contributed by atoms with Crippen molar-refractivity contribution in [3.63, 3.8) is 0 Å². The number of rotatable bonds is 7. The highest BCUT2D eigenvalue weighted by Gasteiger charge is 2.45. The first-order valence-electron chi connectivity index (χ1n) is 10.5. The monoisotopic (exact) mass is 452 g/mol. The Labute approximate surface area is 190 Å². The molecule has 2 unspecified atom stereocenters. The Bertz CT molecular complexity index is 1100. The van der Waals surface area contributed by atoms with Gasteiger partial charge in [-0.1, -0.05) is 6.92 Å². The first-order valence-corrected chi connectivity index (χ1v) is 10.5. The molecule has 0 spiro atoms. The summed E-state index contributed by atoms with van der Waals surface area (Å²) in [7, 11) is 0. The van der Waals surface area contributed by atoms with Crippen molar-refractivity contribution >= 4 is 40.7 Å². The van der Waals surface area contributed by atoms with Gasteiger partial charge in [-0.25, -0.2) is 4.90 Å². The molecule has 2 atom stereocenters. The molecule has 1 N–H and O–H groups in total. The fraction of sp³-hybridized carbons (Fsp3) is 0.304. The minimum atomic E-state index is -0.995. The molecule has 4 amide bonds. The number of nitro groups is 1. The van der Waals surface area contributed by atoms with Crippen LogP contribution in [0, 0.1) is 10.1 Å². The zero-order valence-electron chi connectivity index (χ0n) is 18.5. The predicted molar refractivity (Wildman–Crippen MR) is 121 cm³/mol. The van der Waals surface area contributed by atoms with Gasteiger partial charge in [-0.3, -0.25) is 29.3 Å². The molecule has 1 heterocycles. The van der Waals surface area contributed by atoms with Crippen LogP contribution in [0.15, 0.2) is 48.5 Å². The average molecular weight is 452 g/mol. The molecule has 10 nitrogen and oxygen atoms in total. The fourth-order valence-electron chi connectivity index (χ4n) is 3.72. The van der Waals surface area contributed by atoms with E-state index in [1.54, 1.807) is 31.2 Å². The summed E-state index contributed by atoms with van der Waals surface area (Å²) in [5, 5.41) is 13.5. The van der Waals surface area contributed by atoms with Gasteiger partial charge >= 0.3 is 0 Å². The van der Waals surface area contributed by atoms with Crippen LogP contribution in [0.2, 0.25) is 0 Å². The van der Waals surface area contributed by atoms with Crippen molar-refractivity contribution < 1.29 is 24.1 Å². The Morgan fingerprint density at radius 2 is 1.76 bits per heavy atom. The third kappa shape index (κ3) is 4.89. The molecule has 10 heteroatoms. The predicted octanol–water partition coefficient (Wildman–Crippen LogP) is 3.13.